The van der Waals surface area contributed by atoms with Gasteiger partial charge in [0.25, 0.3) is 0 Å². The summed E-state index contributed by atoms with van der Waals surface area (Å²) in [5.74, 6) is 0.523. The second kappa shape index (κ2) is 10.6. The summed E-state index contributed by atoms with van der Waals surface area (Å²) >= 11 is 12.5. The normalized spacial score (nSPS) is 23.6. The molecule has 0 spiro atoms. The number of nitrogens with zero attached hydrogens (tertiary/aromatic N) is 1. The molecule has 0 saturated carbocycles. The van der Waals surface area contributed by atoms with Crippen LogP contribution in [0, 0.1) is 0 Å². The van der Waals surface area contributed by atoms with Crippen molar-refractivity contribution < 1.29 is 14.3 Å². The zero-order chi connectivity index (χ0) is 24.3. The number of halogens is 2. The van der Waals surface area contributed by atoms with Crippen LogP contribution in [-0.4, -0.2) is 62.5 Å². The minimum atomic E-state index is -0.619. The number of carbonyl (C=O) groups excluding carboxylic acids is 2. The van der Waals surface area contributed by atoms with Crippen LogP contribution in [-0.2, 0) is 15.0 Å². The summed E-state index contributed by atoms with van der Waals surface area (Å²) in [6.07, 6.45) is 1.53. The highest BCUT2D eigenvalue weighted by Crippen LogP contribution is 2.37. The van der Waals surface area contributed by atoms with Gasteiger partial charge in [0.1, 0.15) is 17.6 Å². The van der Waals surface area contributed by atoms with Crippen molar-refractivity contribution in [1.82, 2.24) is 15.5 Å². The number of benzene rings is 2. The molecule has 2 aliphatic heterocycles. The Hall–Kier alpha value is -2.12. The number of rotatable bonds is 8. The van der Waals surface area contributed by atoms with Gasteiger partial charge in [-0.1, -0.05) is 41.4 Å². The fourth-order valence-corrected chi connectivity index (χ4v) is 5.34. The molecule has 8 heteroatoms. The number of likely N-dealkylation sites (tertiary alicyclic amines) is 1. The third kappa shape index (κ3) is 5.25. The maximum absolute atomic E-state index is 12.7. The highest BCUT2D eigenvalue weighted by molar-refractivity contribution is 6.32. The largest absolute Gasteiger partial charge is 0.487 e. The Morgan fingerprint density at radius 3 is 2.65 bits per heavy atom. The topological polar surface area (TPSA) is 70.7 Å². The third-order valence-corrected chi connectivity index (χ3v) is 7.59. The average molecular weight is 504 g/mol. The first-order valence-corrected chi connectivity index (χ1v) is 12.5. The first-order valence-electron chi connectivity index (χ1n) is 11.7. The number of ketones is 1. The molecule has 6 nitrogen and oxygen atoms in total. The zero-order valence-corrected chi connectivity index (χ0v) is 21.1. The molecule has 2 saturated heterocycles. The molecule has 182 valence electrons. The molecule has 2 aromatic rings. The molecule has 0 aliphatic carbocycles. The van der Waals surface area contributed by atoms with E-state index in [4.69, 9.17) is 27.9 Å². The molecule has 0 radical (unpaired) electrons. The number of nitrogens with one attached hydrogen (secondary N) is 2. The molecule has 0 bridgehead atoms. The Morgan fingerprint density at radius 2 is 2.00 bits per heavy atom. The predicted molar refractivity (Wildman–Crippen MR) is 135 cm³/mol. The van der Waals surface area contributed by atoms with Crippen molar-refractivity contribution in [1.29, 1.82) is 0 Å². The third-order valence-electron chi connectivity index (χ3n) is 7.03. The Bertz CT molecular complexity index is 1040. The Labute approximate surface area is 210 Å². The van der Waals surface area contributed by atoms with Crippen LogP contribution in [0.1, 0.15) is 36.8 Å². The van der Waals surface area contributed by atoms with Gasteiger partial charge in [-0.3, -0.25) is 14.5 Å². The van der Waals surface area contributed by atoms with E-state index in [0.29, 0.717) is 35.4 Å². The number of ether oxygens (including phenoxy) is 1. The van der Waals surface area contributed by atoms with Crippen LogP contribution >= 0.6 is 23.2 Å². The molecule has 0 aromatic heterocycles. The van der Waals surface area contributed by atoms with E-state index < -0.39 is 5.41 Å². The van der Waals surface area contributed by atoms with E-state index in [0.717, 1.165) is 37.1 Å². The first kappa shape index (κ1) is 25.0. The molecular weight excluding hydrogens is 473 g/mol. The summed E-state index contributed by atoms with van der Waals surface area (Å²) in [5.41, 5.74) is 1.26. The van der Waals surface area contributed by atoms with E-state index in [1.807, 2.05) is 42.5 Å². The monoisotopic (exact) mass is 503 g/mol. The number of Topliss-reactive ketones (excluding diaryl/α,β-unsaturated/α-hetero) is 1. The van der Waals surface area contributed by atoms with Crippen LogP contribution in [0.3, 0.4) is 0 Å². The van der Waals surface area contributed by atoms with Crippen molar-refractivity contribution in [3.05, 3.63) is 63.6 Å². The molecule has 2 N–H and O–H groups in total. The van der Waals surface area contributed by atoms with E-state index >= 15 is 0 Å². The molecule has 2 aliphatic rings. The van der Waals surface area contributed by atoms with Crippen LogP contribution in [0.15, 0.2) is 42.5 Å². The number of likely N-dealkylation sites (N-methyl/N-ethyl adjacent to an activating group) is 1. The fourth-order valence-electron chi connectivity index (χ4n) is 5.05. The Morgan fingerprint density at radius 1 is 1.24 bits per heavy atom. The van der Waals surface area contributed by atoms with Gasteiger partial charge in [-0.2, -0.15) is 0 Å². The summed E-state index contributed by atoms with van der Waals surface area (Å²) in [5, 5.41) is 7.31. The zero-order valence-electron chi connectivity index (χ0n) is 19.6. The summed E-state index contributed by atoms with van der Waals surface area (Å²) in [6.45, 7) is 5.19. The van der Waals surface area contributed by atoms with Gasteiger partial charge in [0, 0.05) is 38.2 Å². The van der Waals surface area contributed by atoms with E-state index in [-0.39, 0.29) is 23.7 Å². The minimum absolute atomic E-state index is 0.00436. The molecule has 2 heterocycles. The molecule has 2 unspecified atom stereocenters. The van der Waals surface area contributed by atoms with Crippen LogP contribution < -0.4 is 15.4 Å². The van der Waals surface area contributed by atoms with Crippen molar-refractivity contribution in [2.75, 3.05) is 39.8 Å². The van der Waals surface area contributed by atoms with E-state index in [1.165, 1.54) is 0 Å². The van der Waals surface area contributed by atoms with Crippen LogP contribution in [0.5, 0.6) is 5.75 Å². The minimum Gasteiger partial charge on any atom is -0.487 e. The first-order chi connectivity index (χ1) is 16.3. The van der Waals surface area contributed by atoms with Gasteiger partial charge in [-0.05, 0) is 61.7 Å². The number of carbonyl (C=O) groups is 2. The van der Waals surface area contributed by atoms with Crippen molar-refractivity contribution in [3.63, 3.8) is 0 Å². The van der Waals surface area contributed by atoms with Crippen molar-refractivity contribution >= 4 is 34.9 Å². The van der Waals surface area contributed by atoms with Crippen molar-refractivity contribution in [3.8, 4) is 5.75 Å². The highest BCUT2D eigenvalue weighted by Gasteiger charge is 2.42. The van der Waals surface area contributed by atoms with Crippen molar-refractivity contribution in [2.45, 2.75) is 37.2 Å². The number of hydrogen-bond donors (Lipinski definition) is 2. The molecule has 4 rings (SSSR count). The lowest BCUT2D eigenvalue weighted by molar-refractivity contribution is -0.125. The van der Waals surface area contributed by atoms with Crippen LogP contribution in [0.25, 0.3) is 0 Å². The van der Waals surface area contributed by atoms with Gasteiger partial charge in [0.05, 0.1) is 16.4 Å². The molecule has 3 atom stereocenters. The second-order valence-electron chi connectivity index (χ2n) is 9.24. The van der Waals surface area contributed by atoms with Gasteiger partial charge < -0.3 is 15.4 Å². The Kier molecular flexibility index (Phi) is 7.83. The maximum Gasteiger partial charge on any atom is 0.231 e. The summed E-state index contributed by atoms with van der Waals surface area (Å²) in [4.78, 5) is 27.4. The smallest absolute Gasteiger partial charge is 0.231 e. The van der Waals surface area contributed by atoms with Crippen molar-refractivity contribution in [2.24, 2.45) is 0 Å². The van der Waals surface area contributed by atoms with E-state index in [1.54, 1.807) is 14.0 Å². The molecular formula is C26H31Cl2N3O3. The van der Waals surface area contributed by atoms with E-state index in [9.17, 15) is 9.59 Å². The van der Waals surface area contributed by atoms with Gasteiger partial charge in [0.2, 0.25) is 5.91 Å². The molecule has 2 fully saturated rings. The summed E-state index contributed by atoms with van der Waals surface area (Å²) in [6, 6.07) is 13.1. The quantitative estimate of drug-likeness (QED) is 0.573. The second-order valence-corrected chi connectivity index (χ2v) is 10.1. The maximum atomic E-state index is 12.7. The SMILES string of the molecule is CNC(=O)C1(c2ccc(Cl)c(O[C@H]3CCN(CC(C(C)=O)c4ccc(Cl)cc4)C3)c2)CCNC1. The number of amides is 1. The highest BCUT2D eigenvalue weighted by atomic mass is 35.5. The van der Waals surface area contributed by atoms with E-state index in [2.05, 4.69) is 15.5 Å². The Balaban J connectivity index is 1.45. The van der Waals surface area contributed by atoms with Gasteiger partial charge in [0.15, 0.2) is 0 Å². The molecule has 2 aromatic carbocycles. The lowest BCUT2D eigenvalue weighted by Crippen LogP contribution is -2.44. The van der Waals surface area contributed by atoms with Crippen LogP contribution in [0.2, 0.25) is 10.0 Å². The standard InChI is InChI=1S/C26H31Cl2N3O3/c1-17(32)22(18-3-6-20(27)7-4-18)15-31-12-9-21(14-31)34-24-13-19(5-8-23(24)28)26(25(33)29-2)10-11-30-16-26/h3-8,13,21-22,30H,9-12,14-16H2,1-2H3,(H,29,33)/t21-,22?,26?/m0/s1. The lowest BCUT2D eigenvalue weighted by Gasteiger charge is -2.28. The fraction of sp³-hybridized carbons (Fsp3) is 0.462. The number of hydrogen-bond acceptors (Lipinski definition) is 5. The summed E-state index contributed by atoms with van der Waals surface area (Å²) in [7, 11) is 1.67. The predicted octanol–water partition coefficient (Wildman–Crippen LogP) is 3.80. The molecule has 1 amide bonds. The van der Waals surface area contributed by atoms with Gasteiger partial charge in [-0.15, -0.1) is 0 Å². The summed E-state index contributed by atoms with van der Waals surface area (Å²) < 4.78 is 6.33. The molecule has 34 heavy (non-hydrogen) atoms. The van der Waals surface area contributed by atoms with Gasteiger partial charge in [-0.25, -0.2) is 0 Å². The average Bonchev–Trinajstić information content (AvgIpc) is 3.49. The lowest BCUT2D eigenvalue weighted by atomic mass is 9.78. The van der Waals surface area contributed by atoms with Gasteiger partial charge >= 0.3 is 0 Å². The van der Waals surface area contributed by atoms with Crippen LogP contribution in [0.4, 0.5) is 0 Å².